The van der Waals surface area contributed by atoms with Crippen LogP contribution in [0.3, 0.4) is 0 Å². The minimum absolute atomic E-state index is 0.267. The van der Waals surface area contributed by atoms with Crippen LogP contribution in [0.2, 0.25) is 0 Å². The van der Waals surface area contributed by atoms with Crippen molar-refractivity contribution in [2.24, 2.45) is 12.8 Å². The quantitative estimate of drug-likeness (QED) is 0.881. The molecule has 19 heavy (non-hydrogen) atoms. The Morgan fingerprint density at radius 1 is 1.37 bits per heavy atom. The highest BCUT2D eigenvalue weighted by atomic mass is 32.2. The highest BCUT2D eigenvalue weighted by molar-refractivity contribution is 7.89. The van der Waals surface area contributed by atoms with E-state index >= 15 is 0 Å². The average molecular weight is 281 g/mol. The van der Waals surface area contributed by atoms with Gasteiger partial charge in [0.25, 0.3) is 0 Å². The number of benzene rings is 1. The van der Waals surface area contributed by atoms with Gasteiger partial charge in [-0.1, -0.05) is 18.2 Å². The zero-order chi connectivity index (χ0) is 14.2. The number of nitrogens with two attached hydrogens (primary N) is 1. The van der Waals surface area contributed by atoms with Gasteiger partial charge in [0.1, 0.15) is 4.90 Å². The summed E-state index contributed by atoms with van der Waals surface area (Å²) in [5.41, 5.74) is 7.10. The molecule has 0 fully saturated rings. The molecule has 0 spiro atoms. The van der Waals surface area contributed by atoms with Crippen LogP contribution in [0.15, 0.2) is 29.2 Å². The van der Waals surface area contributed by atoms with Crippen molar-refractivity contribution in [3.05, 3.63) is 30.0 Å². The van der Waals surface area contributed by atoms with Crippen molar-refractivity contribution in [3.8, 4) is 0 Å². The van der Waals surface area contributed by atoms with Gasteiger partial charge in [-0.15, -0.1) is 0 Å². The van der Waals surface area contributed by atoms with E-state index in [1.807, 2.05) is 42.8 Å². The van der Waals surface area contributed by atoms with E-state index in [1.54, 1.807) is 6.92 Å². The second kappa shape index (κ2) is 4.96. The fourth-order valence-corrected chi connectivity index (χ4v) is 3.93. The van der Waals surface area contributed by atoms with Crippen LogP contribution in [0, 0.1) is 6.92 Å². The molecule has 0 aliphatic heterocycles. The van der Waals surface area contributed by atoms with Crippen LogP contribution in [-0.4, -0.2) is 25.6 Å². The Kier molecular flexibility index (Phi) is 3.66. The van der Waals surface area contributed by atoms with Crippen LogP contribution < -0.4 is 10.5 Å². The lowest BCUT2D eigenvalue weighted by Crippen LogP contribution is -2.37. The summed E-state index contributed by atoms with van der Waals surface area (Å²) in [4.78, 5) is 0.339. The van der Waals surface area contributed by atoms with Crippen molar-refractivity contribution in [1.29, 1.82) is 0 Å². The topological polar surface area (TPSA) is 77.1 Å². The molecule has 104 valence electrons. The molecular weight excluding hydrogens is 262 g/mol. The maximum Gasteiger partial charge on any atom is 0.243 e. The number of nitrogens with zero attached hydrogens (tertiary/aromatic N) is 1. The molecule has 2 rings (SSSR count). The summed E-state index contributed by atoms with van der Waals surface area (Å²) < 4.78 is 29.4. The summed E-state index contributed by atoms with van der Waals surface area (Å²) in [6.07, 6.45) is 0. The number of aryl methyl sites for hydroxylation is 1. The number of hydrogen-bond donors (Lipinski definition) is 2. The first-order valence-corrected chi connectivity index (χ1v) is 7.63. The largest absolute Gasteiger partial charge is 0.347 e. The molecule has 3 N–H and O–H groups in total. The average Bonchev–Trinajstić information content (AvgIpc) is 2.62. The van der Waals surface area contributed by atoms with E-state index in [9.17, 15) is 8.42 Å². The van der Waals surface area contributed by atoms with E-state index in [4.69, 9.17) is 5.73 Å². The van der Waals surface area contributed by atoms with Gasteiger partial charge in [-0.05, 0) is 19.9 Å². The van der Waals surface area contributed by atoms with E-state index in [0.717, 1.165) is 16.6 Å². The van der Waals surface area contributed by atoms with Crippen LogP contribution in [0.5, 0.6) is 0 Å². The second-order valence-corrected chi connectivity index (χ2v) is 6.40. The van der Waals surface area contributed by atoms with Gasteiger partial charge in [-0.25, -0.2) is 13.1 Å². The van der Waals surface area contributed by atoms with Gasteiger partial charge in [0.2, 0.25) is 10.0 Å². The first-order valence-electron chi connectivity index (χ1n) is 6.15. The van der Waals surface area contributed by atoms with Crippen LogP contribution in [0.25, 0.3) is 10.9 Å². The van der Waals surface area contributed by atoms with E-state index in [-0.39, 0.29) is 12.6 Å². The Balaban J connectivity index is 2.66. The number of rotatable bonds is 4. The van der Waals surface area contributed by atoms with Crippen LogP contribution in [0.4, 0.5) is 0 Å². The molecule has 0 aliphatic carbocycles. The predicted octanol–water partition coefficient (Wildman–Crippen LogP) is 1.11. The smallest absolute Gasteiger partial charge is 0.243 e. The molecule has 6 heteroatoms. The zero-order valence-electron chi connectivity index (χ0n) is 11.3. The van der Waals surface area contributed by atoms with Gasteiger partial charge in [0, 0.05) is 36.2 Å². The fourth-order valence-electron chi connectivity index (χ4n) is 2.20. The van der Waals surface area contributed by atoms with E-state index in [0.29, 0.717) is 4.90 Å². The van der Waals surface area contributed by atoms with Gasteiger partial charge < -0.3 is 10.3 Å². The third-order valence-electron chi connectivity index (χ3n) is 3.32. The Morgan fingerprint density at radius 3 is 2.63 bits per heavy atom. The Morgan fingerprint density at radius 2 is 2.00 bits per heavy atom. The van der Waals surface area contributed by atoms with Gasteiger partial charge in [-0.3, -0.25) is 0 Å². The summed E-state index contributed by atoms with van der Waals surface area (Å²) in [5.74, 6) is 0. The fraction of sp³-hybridized carbons (Fsp3) is 0.385. The number of fused-ring (bicyclic) bond motifs is 1. The van der Waals surface area contributed by atoms with Crippen molar-refractivity contribution in [2.45, 2.75) is 24.8 Å². The molecule has 0 unspecified atom stereocenters. The van der Waals surface area contributed by atoms with Gasteiger partial charge in [0.05, 0.1) is 0 Å². The van der Waals surface area contributed by atoms with Crippen molar-refractivity contribution < 1.29 is 8.42 Å². The molecule has 0 saturated heterocycles. The molecular formula is C13H19N3O2S. The Hall–Kier alpha value is -1.37. The molecule has 1 atom stereocenters. The van der Waals surface area contributed by atoms with Crippen molar-refractivity contribution in [2.75, 3.05) is 6.54 Å². The zero-order valence-corrected chi connectivity index (χ0v) is 12.2. The molecule has 1 aromatic heterocycles. The lowest BCUT2D eigenvalue weighted by Gasteiger charge is -2.12. The highest BCUT2D eigenvalue weighted by Gasteiger charge is 2.24. The first kappa shape index (κ1) is 14.0. The van der Waals surface area contributed by atoms with Crippen LogP contribution in [0.1, 0.15) is 12.6 Å². The monoisotopic (exact) mass is 281 g/mol. The highest BCUT2D eigenvalue weighted by Crippen LogP contribution is 2.28. The minimum Gasteiger partial charge on any atom is -0.347 e. The maximum absolute atomic E-state index is 12.5. The van der Waals surface area contributed by atoms with E-state index in [1.165, 1.54) is 0 Å². The predicted molar refractivity (Wildman–Crippen MR) is 76.5 cm³/mol. The van der Waals surface area contributed by atoms with E-state index < -0.39 is 10.0 Å². The van der Waals surface area contributed by atoms with Gasteiger partial charge in [-0.2, -0.15) is 0 Å². The standard InChI is InChI=1S/C13H19N3O2S/c1-9(8-14)15-19(17,18)13-10(2)16(3)12-7-5-4-6-11(12)13/h4-7,9,15H,8,14H2,1-3H3/t9-/m1/s1. The van der Waals surface area contributed by atoms with Gasteiger partial charge >= 0.3 is 0 Å². The summed E-state index contributed by atoms with van der Waals surface area (Å²) in [6.45, 7) is 3.82. The Bertz CT molecular complexity index is 704. The number of aromatic nitrogens is 1. The molecule has 0 bridgehead atoms. The molecule has 0 saturated carbocycles. The van der Waals surface area contributed by atoms with Crippen LogP contribution in [-0.2, 0) is 17.1 Å². The number of para-hydroxylation sites is 1. The maximum atomic E-state index is 12.5. The summed E-state index contributed by atoms with van der Waals surface area (Å²) in [6, 6.07) is 7.18. The molecule has 5 nitrogen and oxygen atoms in total. The summed E-state index contributed by atoms with van der Waals surface area (Å²) in [5, 5.41) is 0.735. The lowest BCUT2D eigenvalue weighted by molar-refractivity contribution is 0.562. The first-order chi connectivity index (χ1) is 8.88. The molecule has 0 aliphatic rings. The van der Waals surface area contributed by atoms with Gasteiger partial charge in [0.15, 0.2) is 0 Å². The van der Waals surface area contributed by atoms with E-state index in [2.05, 4.69) is 4.72 Å². The third kappa shape index (κ3) is 2.39. The van der Waals surface area contributed by atoms with Crippen molar-refractivity contribution >= 4 is 20.9 Å². The minimum atomic E-state index is -3.56. The normalized spacial score (nSPS) is 13.9. The molecule has 0 radical (unpaired) electrons. The second-order valence-electron chi connectivity index (χ2n) is 4.75. The third-order valence-corrected chi connectivity index (χ3v) is 5.09. The number of sulfonamides is 1. The molecule has 0 amide bonds. The lowest BCUT2D eigenvalue weighted by atomic mass is 10.2. The molecule has 2 aromatic rings. The number of hydrogen-bond acceptors (Lipinski definition) is 3. The van der Waals surface area contributed by atoms with Crippen molar-refractivity contribution in [3.63, 3.8) is 0 Å². The summed E-state index contributed by atoms with van der Waals surface area (Å²) >= 11 is 0. The number of nitrogens with one attached hydrogen (secondary N) is 1. The van der Waals surface area contributed by atoms with Crippen molar-refractivity contribution in [1.82, 2.24) is 9.29 Å². The molecule has 1 aromatic carbocycles. The summed E-state index contributed by atoms with van der Waals surface area (Å²) in [7, 11) is -1.69. The molecule has 1 heterocycles. The SMILES string of the molecule is Cc1c(S(=O)(=O)N[C@H](C)CN)c2ccccc2n1C. The Labute approximate surface area is 113 Å². The van der Waals surface area contributed by atoms with Crippen LogP contribution >= 0.6 is 0 Å².